The van der Waals surface area contributed by atoms with E-state index in [4.69, 9.17) is 4.74 Å². The number of anilines is 1. The van der Waals surface area contributed by atoms with Gasteiger partial charge in [0.15, 0.2) is 0 Å². The average molecular weight is 330 g/mol. The van der Waals surface area contributed by atoms with E-state index < -0.39 is 0 Å². The summed E-state index contributed by atoms with van der Waals surface area (Å²) >= 11 is 1.81. The van der Waals surface area contributed by atoms with E-state index in [-0.39, 0.29) is 11.9 Å². The van der Waals surface area contributed by atoms with E-state index >= 15 is 0 Å². The third-order valence-electron chi connectivity index (χ3n) is 4.32. The topological polar surface area (TPSA) is 32.8 Å². The molecule has 0 spiro atoms. The molecule has 2 heterocycles. The number of nitrogens with zero attached hydrogens (tertiary/aromatic N) is 2. The first-order chi connectivity index (χ1) is 11.1. The molecule has 5 heteroatoms. The first kappa shape index (κ1) is 16.0. The molecule has 2 aromatic rings. The van der Waals surface area contributed by atoms with Crippen LogP contribution in [0.15, 0.2) is 36.4 Å². The van der Waals surface area contributed by atoms with Crippen LogP contribution in [0, 0.1) is 6.92 Å². The number of hydrogen-bond donors (Lipinski definition) is 0. The summed E-state index contributed by atoms with van der Waals surface area (Å²) in [5.41, 5.74) is 0.939. The van der Waals surface area contributed by atoms with Crippen molar-refractivity contribution < 1.29 is 9.53 Å². The van der Waals surface area contributed by atoms with Crippen molar-refractivity contribution in [1.29, 1.82) is 0 Å². The van der Waals surface area contributed by atoms with Gasteiger partial charge in [-0.1, -0.05) is 0 Å². The summed E-state index contributed by atoms with van der Waals surface area (Å²) in [5, 5.41) is 0. The van der Waals surface area contributed by atoms with Crippen molar-refractivity contribution in [3.05, 3.63) is 46.2 Å². The number of methoxy groups -OCH3 is 1. The van der Waals surface area contributed by atoms with Gasteiger partial charge in [0, 0.05) is 35.1 Å². The number of rotatable bonds is 4. The highest BCUT2D eigenvalue weighted by molar-refractivity contribution is 7.11. The molecule has 0 radical (unpaired) electrons. The van der Waals surface area contributed by atoms with E-state index in [1.54, 1.807) is 18.4 Å². The predicted molar refractivity (Wildman–Crippen MR) is 94.3 cm³/mol. The van der Waals surface area contributed by atoms with Crippen LogP contribution in [0.1, 0.15) is 16.7 Å². The van der Waals surface area contributed by atoms with Crippen molar-refractivity contribution in [3.8, 4) is 5.75 Å². The number of hydrogen-bond acceptors (Lipinski definition) is 4. The Kier molecular flexibility index (Phi) is 4.68. The van der Waals surface area contributed by atoms with Gasteiger partial charge in [-0.05, 0) is 50.2 Å². The molecule has 0 aliphatic carbocycles. The number of carbonyl (C=O) groups is 1. The van der Waals surface area contributed by atoms with Gasteiger partial charge in [-0.25, -0.2) is 0 Å². The molecule has 3 rings (SSSR count). The molecule has 1 atom stereocenters. The number of ether oxygens (including phenoxy) is 1. The number of benzene rings is 1. The van der Waals surface area contributed by atoms with E-state index in [1.165, 1.54) is 9.75 Å². The zero-order chi connectivity index (χ0) is 16.4. The van der Waals surface area contributed by atoms with E-state index in [0.717, 1.165) is 31.1 Å². The highest BCUT2D eigenvalue weighted by Crippen LogP contribution is 2.25. The minimum Gasteiger partial charge on any atom is -0.497 e. The summed E-state index contributed by atoms with van der Waals surface area (Å²) in [6.07, 6.45) is 0. The molecule has 1 aromatic carbocycles. The van der Waals surface area contributed by atoms with Crippen molar-refractivity contribution in [2.75, 3.05) is 25.1 Å². The van der Waals surface area contributed by atoms with Crippen LogP contribution in [0.25, 0.3) is 0 Å². The Balaban J connectivity index is 1.70. The van der Waals surface area contributed by atoms with E-state index in [2.05, 4.69) is 24.0 Å². The van der Waals surface area contributed by atoms with Crippen molar-refractivity contribution in [1.82, 2.24) is 4.90 Å². The van der Waals surface area contributed by atoms with Gasteiger partial charge in [-0.2, -0.15) is 0 Å². The second-order valence-corrected chi connectivity index (χ2v) is 7.22. The number of carbonyl (C=O) groups excluding carboxylic acids is 1. The number of aryl methyl sites for hydroxylation is 1. The smallest absolute Gasteiger partial charge is 0.244 e. The summed E-state index contributed by atoms with van der Waals surface area (Å²) in [4.78, 5) is 19.5. The van der Waals surface area contributed by atoms with Crippen molar-refractivity contribution in [2.45, 2.75) is 26.4 Å². The zero-order valence-corrected chi connectivity index (χ0v) is 14.6. The van der Waals surface area contributed by atoms with Gasteiger partial charge in [0.05, 0.1) is 13.2 Å². The van der Waals surface area contributed by atoms with Gasteiger partial charge in [0.1, 0.15) is 5.75 Å². The van der Waals surface area contributed by atoms with Gasteiger partial charge in [-0.3, -0.25) is 9.69 Å². The molecular formula is C18H22N2O2S. The Bertz CT molecular complexity index is 681. The van der Waals surface area contributed by atoms with E-state index in [1.807, 2.05) is 36.1 Å². The third-order valence-corrected chi connectivity index (χ3v) is 5.31. The van der Waals surface area contributed by atoms with Crippen LogP contribution in [-0.2, 0) is 11.3 Å². The highest BCUT2D eigenvalue weighted by Gasteiger charge is 2.32. The number of thiophene rings is 1. The first-order valence-electron chi connectivity index (χ1n) is 7.83. The molecule has 122 valence electrons. The van der Waals surface area contributed by atoms with Crippen LogP contribution in [0.3, 0.4) is 0 Å². The summed E-state index contributed by atoms with van der Waals surface area (Å²) < 4.78 is 5.18. The van der Waals surface area contributed by atoms with Gasteiger partial charge in [0.2, 0.25) is 5.91 Å². The minimum absolute atomic E-state index is 0.103. The Labute approximate surface area is 141 Å². The lowest BCUT2D eigenvalue weighted by Gasteiger charge is -2.39. The monoisotopic (exact) mass is 330 g/mol. The fourth-order valence-corrected chi connectivity index (χ4v) is 3.83. The van der Waals surface area contributed by atoms with Crippen molar-refractivity contribution in [3.63, 3.8) is 0 Å². The van der Waals surface area contributed by atoms with Crippen molar-refractivity contribution >= 4 is 22.9 Å². The quantitative estimate of drug-likeness (QED) is 0.862. The minimum atomic E-state index is -0.103. The van der Waals surface area contributed by atoms with Gasteiger partial charge < -0.3 is 9.64 Å². The molecular weight excluding hydrogens is 308 g/mol. The first-order valence-corrected chi connectivity index (χ1v) is 8.65. The maximum Gasteiger partial charge on any atom is 0.244 e. The maximum absolute atomic E-state index is 12.7. The van der Waals surface area contributed by atoms with E-state index in [0.29, 0.717) is 0 Å². The standard InChI is InChI=1S/C18H22N2O2S/c1-13-4-9-17(23-13)12-19-10-11-20(18(21)14(19)2)15-5-7-16(22-3)8-6-15/h4-9,14H,10-12H2,1-3H3/t14-/m0/s1. The van der Waals surface area contributed by atoms with E-state index in [9.17, 15) is 4.79 Å². The second kappa shape index (κ2) is 6.72. The number of amides is 1. The molecule has 1 aliphatic heterocycles. The number of piperazine rings is 1. The summed E-state index contributed by atoms with van der Waals surface area (Å²) in [5.74, 6) is 0.968. The van der Waals surface area contributed by atoms with Gasteiger partial charge in [-0.15, -0.1) is 11.3 Å². The predicted octanol–water partition coefficient (Wildman–Crippen LogP) is 3.30. The molecule has 1 saturated heterocycles. The molecule has 0 unspecified atom stereocenters. The average Bonchev–Trinajstić information content (AvgIpc) is 2.97. The zero-order valence-electron chi connectivity index (χ0n) is 13.8. The fourth-order valence-electron chi connectivity index (χ4n) is 2.92. The van der Waals surface area contributed by atoms with Crippen LogP contribution in [0.4, 0.5) is 5.69 Å². The molecule has 1 amide bonds. The Hall–Kier alpha value is -1.85. The van der Waals surface area contributed by atoms with Gasteiger partial charge in [0.25, 0.3) is 0 Å². The van der Waals surface area contributed by atoms with Crippen LogP contribution in [-0.4, -0.2) is 37.0 Å². The van der Waals surface area contributed by atoms with Crippen LogP contribution in [0.2, 0.25) is 0 Å². The Morgan fingerprint density at radius 1 is 1.17 bits per heavy atom. The van der Waals surface area contributed by atoms with Crippen LogP contribution >= 0.6 is 11.3 Å². The lowest BCUT2D eigenvalue weighted by molar-refractivity contribution is -0.125. The lowest BCUT2D eigenvalue weighted by atomic mass is 10.1. The summed E-state index contributed by atoms with van der Waals surface area (Å²) in [6, 6.07) is 11.9. The second-order valence-electron chi connectivity index (χ2n) is 5.85. The van der Waals surface area contributed by atoms with Crippen LogP contribution in [0.5, 0.6) is 5.75 Å². The van der Waals surface area contributed by atoms with Gasteiger partial charge >= 0.3 is 0 Å². The lowest BCUT2D eigenvalue weighted by Crippen LogP contribution is -2.55. The molecule has 1 fully saturated rings. The Morgan fingerprint density at radius 2 is 1.91 bits per heavy atom. The summed E-state index contributed by atoms with van der Waals surface area (Å²) in [6.45, 7) is 6.57. The van der Waals surface area contributed by atoms with Crippen molar-refractivity contribution in [2.24, 2.45) is 0 Å². The normalized spacial score (nSPS) is 19.2. The molecule has 0 bridgehead atoms. The largest absolute Gasteiger partial charge is 0.497 e. The highest BCUT2D eigenvalue weighted by atomic mass is 32.1. The molecule has 1 aromatic heterocycles. The molecule has 0 N–H and O–H groups in total. The molecule has 0 saturated carbocycles. The van der Waals surface area contributed by atoms with Crippen LogP contribution < -0.4 is 9.64 Å². The molecule has 23 heavy (non-hydrogen) atoms. The summed E-state index contributed by atoms with van der Waals surface area (Å²) in [7, 11) is 1.65. The SMILES string of the molecule is COc1ccc(N2CCN(Cc3ccc(C)s3)[C@@H](C)C2=O)cc1. The maximum atomic E-state index is 12.7. The third kappa shape index (κ3) is 3.41. The Morgan fingerprint density at radius 3 is 2.52 bits per heavy atom. The molecule has 1 aliphatic rings. The molecule has 4 nitrogen and oxygen atoms in total. The fraction of sp³-hybridized carbons (Fsp3) is 0.389.